The molecule has 1 N–H and O–H groups in total. The fourth-order valence-corrected chi connectivity index (χ4v) is 2.25. The minimum absolute atomic E-state index is 0.253. The first-order valence-corrected chi connectivity index (χ1v) is 6.27. The molecule has 2 aromatic rings. The molecule has 0 radical (unpaired) electrons. The summed E-state index contributed by atoms with van der Waals surface area (Å²) in [6.45, 7) is 0.713. The normalized spacial score (nSPS) is 10.2. The number of halogens is 1. The van der Waals surface area contributed by atoms with E-state index >= 15 is 0 Å². The van der Waals surface area contributed by atoms with Crippen molar-refractivity contribution in [3.05, 3.63) is 46.4 Å². The van der Waals surface area contributed by atoms with Crippen LogP contribution in [0.25, 0.3) is 0 Å². The van der Waals surface area contributed by atoms with Gasteiger partial charge in [0.05, 0.1) is 12.8 Å². The Morgan fingerprint density at radius 2 is 2.24 bits per heavy atom. The van der Waals surface area contributed by atoms with Gasteiger partial charge in [-0.05, 0) is 30.0 Å². The highest BCUT2D eigenvalue weighted by Gasteiger charge is 2.03. The molecule has 17 heavy (non-hydrogen) atoms. The summed E-state index contributed by atoms with van der Waals surface area (Å²) in [5.74, 6) is 0.405. The van der Waals surface area contributed by atoms with E-state index in [1.165, 1.54) is 10.9 Å². The molecule has 0 amide bonds. The molecule has 1 heterocycles. The Morgan fingerprint density at radius 1 is 1.35 bits per heavy atom. The van der Waals surface area contributed by atoms with Gasteiger partial charge in [-0.2, -0.15) is 0 Å². The average Bonchev–Trinajstić information content (AvgIpc) is 2.84. The van der Waals surface area contributed by atoms with Gasteiger partial charge in [-0.25, -0.2) is 4.39 Å². The Labute approximate surface area is 104 Å². The van der Waals surface area contributed by atoms with Crippen LogP contribution in [0.4, 0.5) is 10.1 Å². The van der Waals surface area contributed by atoms with Crippen molar-refractivity contribution in [1.29, 1.82) is 0 Å². The topological polar surface area (TPSA) is 21.3 Å². The van der Waals surface area contributed by atoms with Crippen LogP contribution in [0.5, 0.6) is 5.75 Å². The van der Waals surface area contributed by atoms with Gasteiger partial charge < -0.3 is 10.1 Å². The molecule has 0 fully saturated rings. The lowest BCUT2D eigenvalue weighted by Crippen LogP contribution is -2.05. The van der Waals surface area contributed by atoms with Crippen LogP contribution >= 0.6 is 11.3 Å². The molecule has 0 aliphatic rings. The maximum Gasteiger partial charge on any atom is 0.146 e. The van der Waals surface area contributed by atoms with E-state index in [2.05, 4.69) is 11.4 Å². The second-order valence-electron chi connectivity index (χ2n) is 3.60. The summed E-state index contributed by atoms with van der Waals surface area (Å²) >= 11 is 1.71. The van der Waals surface area contributed by atoms with Crippen molar-refractivity contribution in [1.82, 2.24) is 0 Å². The second-order valence-corrected chi connectivity index (χ2v) is 4.63. The molecule has 0 saturated heterocycles. The average molecular weight is 251 g/mol. The molecule has 2 nitrogen and oxygen atoms in total. The zero-order chi connectivity index (χ0) is 12.1. The number of hydrogen-bond acceptors (Lipinski definition) is 3. The van der Waals surface area contributed by atoms with Crippen molar-refractivity contribution in [2.24, 2.45) is 0 Å². The molecule has 90 valence electrons. The maximum absolute atomic E-state index is 13.5. The van der Waals surface area contributed by atoms with Gasteiger partial charge in [-0.3, -0.25) is 0 Å². The molecule has 0 saturated carbocycles. The van der Waals surface area contributed by atoms with E-state index in [1.807, 2.05) is 11.4 Å². The summed E-state index contributed by atoms with van der Waals surface area (Å²) < 4.78 is 18.5. The number of benzene rings is 1. The van der Waals surface area contributed by atoms with Gasteiger partial charge in [0, 0.05) is 17.5 Å². The number of rotatable bonds is 5. The highest BCUT2D eigenvalue weighted by atomic mass is 32.1. The maximum atomic E-state index is 13.5. The molecule has 0 spiro atoms. The molecular weight excluding hydrogens is 237 g/mol. The third-order valence-corrected chi connectivity index (χ3v) is 3.38. The van der Waals surface area contributed by atoms with Gasteiger partial charge in [0.2, 0.25) is 0 Å². The number of nitrogens with one attached hydrogen (secondary N) is 1. The van der Waals surface area contributed by atoms with Crippen LogP contribution in [0, 0.1) is 5.82 Å². The van der Waals surface area contributed by atoms with Gasteiger partial charge in [0.25, 0.3) is 0 Å². The number of ether oxygens (including phenoxy) is 1. The molecule has 0 unspecified atom stereocenters. The lowest BCUT2D eigenvalue weighted by molar-refractivity contribution is 0.414. The van der Waals surface area contributed by atoms with Crippen molar-refractivity contribution in [2.75, 3.05) is 19.0 Å². The van der Waals surface area contributed by atoms with Gasteiger partial charge in [-0.1, -0.05) is 6.07 Å². The molecule has 1 aromatic heterocycles. The number of anilines is 1. The van der Waals surface area contributed by atoms with Crippen molar-refractivity contribution >= 4 is 17.0 Å². The number of thiophene rings is 1. The fraction of sp³-hybridized carbons (Fsp3) is 0.231. The summed E-state index contributed by atoms with van der Waals surface area (Å²) in [5.41, 5.74) is 0.487. The lowest BCUT2D eigenvalue weighted by atomic mass is 10.2. The molecule has 1 aromatic carbocycles. The van der Waals surface area contributed by atoms with E-state index in [0.29, 0.717) is 18.0 Å². The predicted octanol–water partition coefficient (Wildman–Crippen LogP) is 3.55. The molecule has 0 aliphatic carbocycles. The smallest absolute Gasteiger partial charge is 0.146 e. The Balaban J connectivity index is 1.94. The van der Waals surface area contributed by atoms with E-state index in [0.717, 1.165) is 6.42 Å². The van der Waals surface area contributed by atoms with Crippen LogP contribution < -0.4 is 10.1 Å². The minimum atomic E-state index is -0.253. The summed E-state index contributed by atoms with van der Waals surface area (Å²) in [5, 5.41) is 5.12. The Morgan fingerprint density at radius 3 is 2.94 bits per heavy atom. The zero-order valence-electron chi connectivity index (χ0n) is 9.57. The van der Waals surface area contributed by atoms with Crippen LogP contribution in [0.3, 0.4) is 0 Å². The van der Waals surface area contributed by atoms with E-state index < -0.39 is 0 Å². The first-order valence-electron chi connectivity index (χ1n) is 5.39. The first-order chi connectivity index (χ1) is 8.29. The van der Waals surface area contributed by atoms with Crippen LogP contribution in [-0.4, -0.2) is 13.7 Å². The van der Waals surface area contributed by atoms with E-state index in [-0.39, 0.29) is 5.82 Å². The summed E-state index contributed by atoms with van der Waals surface area (Å²) in [7, 11) is 1.57. The molecule has 0 atom stereocenters. The van der Waals surface area contributed by atoms with Crippen LogP contribution in [0.1, 0.15) is 4.88 Å². The largest absolute Gasteiger partial charge is 0.497 e. The first kappa shape index (κ1) is 11.9. The second kappa shape index (κ2) is 5.68. The van der Waals surface area contributed by atoms with Gasteiger partial charge in [0.1, 0.15) is 11.6 Å². The predicted molar refractivity (Wildman–Crippen MR) is 69.5 cm³/mol. The molecular formula is C13H14FNOS. The van der Waals surface area contributed by atoms with Crippen LogP contribution in [0.2, 0.25) is 0 Å². The highest BCUT2D eigenvalue weighted by molar-refractivity contribution is 7.09. The number of hydrogen-bond donors (Lipinski definition) is 1. The SMILES string of the molecule is COc1ccc(F)c(NCCc2cccs2)c1. The van der Waals surface area contributed by atoms with E-state index in [1.54, 1.807) is 30.6 Å². The Hall–Kier alpha value is -1.55. The third kappa shape index (κ3) is 3.20. The lowest BCUT2D eigenvalue weighted by Gasteiger charge is -2.08. The Kier molecular flexibility index (Phi) is 3.98. The van der Waals surface area contributed by atoms with Crippen molar-refractivity contribution in [2.45, 2.75) is 6.42 Å². The molecule has 4 heteroatoms. The molecule has 0 bridgehead atoms. The zero-order valence-corrected chi connectivity index (χ0v) is 10.4. The standard InChI is InChI=1S/C13H14FNOS/c1-16-10-4-5-12(14)13(9-10)15-7-6-11-3-2-8-17-11/h2-5,8-9,15H,6-7H2,1H3. The third-order valence-electron chi connectivity index (χ3n) is 2.44. The minimum Gasteiger partial charge on any atom is -0.497 e. The molecule has 0 aliphatic heterocycles. The van der Waals surface area contributed by atoms with Gasteiger partial charge in [0.15, 0.2) is 0 Å². The highest BCUT2D eigenvalue weighted by Crippen LogP contribution is 2.21. The van der Waals surface area contributed by atoms with E-state index in [9.17, 15) is 4.39 Å². The Bertz CT molecular complexity index is 470. The van der Waals surface area contributed by atoms with Crippen molar-refractivity contribution in [3.63, 3.8) is 0 Å². The van der Waals surface area contributed by atoms with Crippen molar-refractivity contribution in [3.8, 4) is 5.75 Å². The van der Waals surface area contributed by atoms with Crippen molar-refractivity contribution < 1.29 is 9.13 Å². The van der Waals surface area contributed by atoms with E-state index in [4.69, 9.17) is 4.74 Å². The quantitative estimate of drug-likeness (QED) is 0.877. The molecule has 2 rings (SSSR count). The fourth-order valence-electron chi connectivity index (χ4n) is 1.54. The van der Waals surface area contributed by atoms with Gasteiger partial charge >= 0.3 is 0 Å². The van der Waals surface area contributed by atoms with Crippen LogP contribution in [-0.2, 0) is 6.42 Å². The summed E-state index contributed by atoms with van der Waals surface area (Å²) in [4.78, 5) is 1.29. The summed E-state index contributed by atoms with van der Waals surface area (Å²) in [6.07, 6.45) is 0.897. The van der Waals surface area contributed by atoms with Crippen LogP contribution in [0.15, 0.2) is 35.7 Å². The monoisotopic (exact) mass is 251 g/mol. The van der Waals surface area contributed by atoms with Gasteiger partial charge in [-0.15, -0.1) is 11.3 Å². The summed E-state index contributed by atoms with van der Waals surface area (Å²) in [6, 6.07) is 8.79. The number of methoxy groups -OCH3 is 1.